The summed E-state index contributed by atoms with van der Waals surface area (Å²) in [6, 6.07) is 8.84. The molecule has 0 aliphatic carbocycles. The van der Waals surface area contributed by atoms with Crippen molar-refractivity contribution in [3.63, 3.8) is 0 Å². The van der Waals surface area contributed by atoms with Gasteiger partial charge in [-0.1, -0.05) is 44.2 Å². The van der Waals surface area contributed by atoms with Crippen LogP contribution in [0.5, 0.6) is 0 Å². The number of ether oxygens (including phenoxy) is 1. The molecule has 0 unspecified atom stereocenters. The molecule has 0 bridgehead atoms. The predicted octanol–water partition coefficient (Wildman–Crippen LogP) is 1.70. The quantitative estimate of drug-likeness (QED) is 0.769. The van der Waals surface area contributed by atoms with Crippen LogP contribution in [-0.4, -0.2) is 18.2 Å². The SMILES string of the molecule is COC(=O)[C@](O)(c1ccccc1)C(C)C. The van der Waals surface area contributed by atoms with Gasteiger partial charge in [0.05, 0.1) is 7.11 Å². The van der Waals surface area contributed by atoms with E-state index in [0.29, 0.717) is 5.56 Å². The molecule has 0 spiro atoms. The van der Waals surface area contributed by atoms with Crippen LogP contribution in [0.25, 0.3) is 0 Å². The fraction of sp³-hybridized carbons (Fsp3) is 0.417. The number of carbonyl (C=O) groups excluding carboxylic acids is 1. The molecule has 1 atom stereocenters. The lowest BCUT2D eigenvalue weighted by atomic mass is 9.83. The highest BCUT2D eigenvalue weighted by atomic mass is 16.5. The van der Waals surface area contributed by atoms with Gasteiger partial charge >= 0.3 is 5.97 Å². The highest BCUT2D eigenvalue weighted by Crippen LogP contribution is 2.30. The molecular weight excluding hydrogens is 192 g/mol. The molecule has 1 aromatic carbocycles. The number of aliphatic hydroxyl groups is 1. The smallest absolute Gasteiger partial charge is 0.342 e. The maximum atomic E-state index is 11.6. The van der Waals surface area contributed by atoms with E-state index in [2.05, 4.69) is 4.74 Å². The van der Waals surface area contributed by atoms with E-state index in [1.807, 2.05) is 6.07 Å². The van der Waals surface area contributed by atoms with Gasteiger partial charge < -0.3 is 9.84 Å². The molecule has 1 N–H and O–H groups in total. The number of carbonyl (C=O) groups is 1. The summed E-state index contributed by atoms with van der Waals surface area (Å²) in [7, 11) is 1.28. The molecule has 1 rings (SSSR count). The largest absolute Gasteiger partial charge is 0.467 e. The Bertz CT molecular complexity index is 332. The van der Waals surface area contributed by atoms with Crippen LogP contribution in [-0.2, 0) is 15.1 Å². The standard InChI is InChI=1S/C12H16O3/c1-9(2)12(14,11(13)15-3)10-7-5-4-6-8-10/h4-9,14H,1-3H3/t12-/m1/s1. The third-order valence-electron chi connectivity index (χ3n) is 2.55. The maximum absolute atomic E-state index is 11.6. The van der Waals surface area contributed by atoms with Gasteiger partial charge in [-0.05, 0) is 11.5 Å². The predicted molar refractivity (Wildman–Crippen MR) is 57.2 cm³/mol. The first-order chi connectivity index (χ1) is 7.03. The molecule has 0 aliphatic heterocycles. The van der Waals surface area contributed by atoms with Gasteiger partial charge in [0.15, 0.2) is 5.60 Å². The summed E-state index contributed by atoms with van der Waals surface area (Å²) in [5.74, 6) is -0.865. The van der Waals surface area contributed by atoms with Gasteiger partial charge in [-0.25, -0.2) is 4.79 Å². The Kier molecular flexibility index (Phi) is 3.48. The van der Waals surface area contributed by atoms with E-state index in [0.717, 1.165) is 0 Å². The molecule has 3 heteroatoms. The summed E-state index contributed by atoms with van der Waals surface area (Å²) in [5.41, 5.74) is -0.998. The number of hydrogen-bond acceptors (Lipinski definition) is 3. The van der Waals surface area contributed by atoms with Gasteiger partial charge in [-0.2, -0.15) is 0 Å². The summed E-state index contributed by atoms with van der Waals surface area (Å²) in [6.07, 6.45) is 0. The second-order valence-electron chi connectivity index (χ2n) is 3.78. The Balaban J connectivity index is 3.19. The van der Waals surface area contributed by atoms with Crippen molar-refractivity contribution in [3.05, 3.63) is 35.9 Å². The topological polar surface area (TPSA) is 46.5 Å². The molecule has 0 saturated heterocycles. The van der Waals surface area contributed by atoms with Crippen LogP contribution < -0.4 is 0 Å². The summed E-state index contributed by atoms with van der Waals surface area (Å²) < 4.78 is 4.64. The lowest BCUT2D eigenvalue weighted by Gasteiger charge is -2.29. The molecule has 0 aliphatic rings. The zero-order chi connectivity index (χ0) is 11.5. The van der Waals surface area contributed by atoms with Crippen molar-refractivity contribution >= 4 is 5.97 Å². The minimum atomic E-state index is -1.56. The Morgan fingerprint density at radius 1 is 1.33 bits per heavy atom. The van der Waals surface area contributed by atoms with Gasteiger partial charge in [0.1, 0.15) is 0 Å². The van der Waals surface area contributed by atoms with E-state index in [-0.39, 0.29) is 5.92 Å². The maximum Gasteiger partial charge on any atom is 0.342 e. The molecule has 0 amide bonds. The zero-order valence-corrected chi connectivity index (χ0v) is 9.23. The van der Waals surface area contributed by atoms with Crippen LogP contribution in [0.4, 0.5) is 0 Å². The second kappa shape index (κ2) is 4.45. The van der Waals surface area contributed by atoms with E-state index in [1.165, 1.54) is 7.11 Å². The Morgan fingerprint density at radius 3 is 2.27 bits per heavy atom. The van der Waals surface area contributed by atoms with Gasteiger partial charge in [0, 0.05) is 0 Å². The minimum Gasteiger partial charge on any atom is -0.467 e. The van der Waals surface area contributed by atoms with E-state index in [1.54, 1.807) is 38.1 Å². The highest BCUT2D eigenvalue weighted by molar-refractivity contribution is 5.81. The first-order valence-corrected chi connectivity index (χ1v) is 4.89. The Labute approximate surface area is 89.7 Å². The molecule has 3 nitrogen and oxygen atoms in total. The molecular formula is C12H16O3. The van der Waals surface area contributed by atoms with Gasteiger partial charge in [0.25, 0.3) is 0 Å². The molecule has 0 heterocycles. The number of hydrogen-bond donors (Lipinski definition) is 1. The van der Waals surface area contributed by atoms with Crippen molar-refractivity contribution in [3.8, 4) is 0 Å². The van der Waals surface area contributed by atoms with E-state index >= 15 is 0 Å². The van der Waals surface area contributed by atoms with E-state index in [4.69, 9.17) is 0 Å². The molecule has 0 saturated carbocycles. The number of methoxy groups -OCH3 is 1. The molecule has 15 heavy (non-hydrogen) atoms. The van der Waals surface area contributed by atoms with Gasteiger partial charge in [0.2, 0.25) is 0 Å². The van der Waals surface area contributed by atoms with Crippen LogP contribution in [0.3, 0.4) is 0 Å². The molecule has 0 radical (unpaired) electrons. The first kappa shape index (κ1) is 11.7. The fourth-order valence-corrected chi connectivity index (χ4v) is 1.53. The zero-order valence-electron chi connectivity index (χ0n) is 9.23. The second-order valence-corrected chi connectivity index (χ2v) is 3.78. The third kappa shape index (κ3) is 2.02. The van der Waals surface area contributed by atoms with Crippen molar-refractivity contribution in [2.24, 2.45) is 5.92 Å². The molecule has 0 aromatic heterocycles. The molecule has 1 aromatic rings. The third-order valence-corrected chi connectivity index (χ3v) is 2.55. The lowest BCUT2D eigenvalue weighted by molar-refractivity contribution is -0.169. The average molecular weight is 208 g/mol. The van der Waals surface area contributed by atoms with Crippen LogP contribution in [0.1, 0.15) is 19.4 Å². The summed E-state index contributed by atoms with van der Waals surface area (Å²) in [6.45, 7) is 3.56. The molecule has 82 valence electrons. The monoisotopic (exact) mass is 208 g/mol. The summed E-state index contributed by atoms with van der Waals surface area (Å²) in [5, 5.41) is 10.4. The Hall–Kier alpha value is -1.35. The van der Waals surface area contributed by atoms with Crippen molar-refractivity contribution in [1.29, 1.82) is 0 Å². The first-order valence-electron chi connectivity index (χ1n) is 4.89. The minimum absolute atomic E-state index is 0.243. The van der Waals surface area contributed by atoms with Crippen LogP contribution in [0, 0.1) is 5.92 Å². The van der Waals surface area contributed by atoms with Crippen LogP contribution in [0.2, 0.25) is 0 Å². The highest BCUT2D eigenvalue weighted by Gasteiger charge is 2.42. The number of rotatable bonds is 3. The average Bonchev–Trinajstić information content (AvgIpc) is 2.27. The lowest BCUT2D eigenvalue weighted by Crippen LogP contribution is -2.41. The van der Waals surface area contributed by atoms with Crippen molar-refractivity contribution in [2.45, 2.75) is 19.4 Å². The fourth-order valence-electron chi connectivity index (χ4n) is 1.53. The van der Waals surface area contributed by atoms with Crippen molar-refractivity contribution in [1.82, 2.24) is 0 Å². The normalized spacial score (nSPS) is 14.7. The van der Waals surface area contributed by atoms with Crippen molar-refractivity contribution in [2.75, 3.05) is 7.11 Å². The van der Waals surface area contributed by atoms with E-state index < -0.39 is 11.6 Å². The van der Waals surface area contributed by atoms with Crippen LogP contribution in [0.15, 0.2) is 30.3 Å². The molecule has 0 fully saturated rings. The number of esters is 1. The Morgan fingerprint density at radius 2 is 1.87 bits per heavy atom. The van der Waals surface area contributed by atoms with E-state index in [9.17, 15) is 9.90 Å². The summed E-state index contributed by atoms with van der Waals surface area (Å²) in [4.78, 5) is 11.6. The van der Waals surface area contributed by atoms with Crippen molar-refractivity contribution < 1.29 is 14.6 Å². The van der Waals surface area contributed by atoms with Gasteiger partial charge in [-0.3, -0.25) is 0 Å². The van der Waals surface area contributed by atoms with Gasteiger partial charge in [-0.15, -0.1) is 0 Å². The van der Waals surface area contributed by atoms with Crippen LogP contribution >= 0.6 is 0 Å². The summed E-state index contributed by atoms with van der Waals surface area (Å²) >= 11 is 0. The number of benzene rings is 1.